The molecule has 9 heteroatoms. The van der Waals surface area contributed by atoms with Crippen LogP contribution in [-0.4, -0.2) is 19.3 Å². The van der Waals surface area contributed by atoms with Crippen LogP contribution in [0.5, 0.6) is 0 Å². The Hall–Kier alpha value is -2.42. The number of para-hydroxylation sites is 1. The zero-order valence-electron chi connectivity index (χ0n) is 13.6. The molecule has 134 valence electrons. The van der Waals surface area contributed by atoms with Crippen LogP contribution in [-0.2, 0) is 10.0 Å². The molecule has 1 aromatic heterocycles. The Bertz CT molecular complexity index is 1050. The Morgan fingerprint density at radius 1 is 1.12 bits per heavy atom. The Morgan fingerprint density at radius 3 is 2.46 bits per heavy atom. The summed E-state index contributed by atoms with van der Waals surface area (Å²) < 4.78 is 27.6. The molecular weight excluding hydrogens is 394 g/mol. The summed E-state index contributed by atoms with van der Waals surface area (Å²) in [5.74, 6) is -0.450. The molecule has 0 bridgehead atoms. The van der Waals surface area contributed by atoms with E-state index in [4.69, 9.17) is 11.6 Å². The van der Waals surface area contributed by atoms with Gasteiger partial charge < -0.3 is 0 Å². The molecule has 0 aliphatic heterocycles. The lowest BCUT2D eigenvalue weighted by Crippen LogP contribution is -2.18. The third-order valence-electron chi connectivity index (χ3n) is 3.38. The average Bonchev–Trinajstić information content (AvgIpc) is 3.00. The van der Waals surface area contributed by atoms with Crippen molar-refractivity contribution in [1.29, 1.82) is 0 Å². The van der Waals surface area contributed by atoms with Gasteiger partial charge >= 0.3 is 0 Å². The molecule has 3 aromatic rings. The molecule has 1 heterocycles. The van der Waals surface area contributed by atoms with Crippen LogP contribution in [0.25, 0.3) is 0 Å². The molecule has 1 amide bonds. The fourth-order valence-corrected chi connectivity index (χ4v) is 4.05. The zero-order chi connectivity index (χ0) is 18.7. The largest absolute Gasteiger partial charge is 0.298 e. The third kappa shape index (κ3) is 4.21. The van der Waals surface area contributed by atoms with E-state index in [0.29, 0.717) is 10.2 Å². The maximum atomic E-state index is 12.6. The second-order valence-corrected chi connectivity index (χ2v) is 8.33. The van der Waals surface area contributed by atoms with E-state index in [1.807, 2.05) is 12.3 Å². The lowest BCUT2D eigenvalue weighted by Gasteiger charge is -2.12. The van der Waals surface area contributed by atoms with E-state index in [0.717, 1.165) is 5.69 Å². The first-order valence-electron chi connectivity index (χ1n) is 7.46. The number of hydrogen-bond acceptors (Lipinski definition) is 5. The Balaban J connectivity index is 1.87. The third-order valence-corrected chi connectivity index (χ3v) is 5.89. The number of rotatable bonds is 5. The van der Waals surface area contributed by atoms with Crippen molar-refractivity contribution in [3.8, 4) is 0 Å². The minimum atomic E-state index is -3.86. The molecule has 0 atom stereocenters. The summed E-state index contributed by atoms with van der Waals surface area (Å²) in [5.41, 5.74) is 1.16. The summed E-state index contributed by atoms with van der Waals surface area (Å²) in [5, 5.41) is 5.36. The second kappa shape index (κ2) is 7.45. The highest BCUT2D eigenvalue weighted by molar-refractivity contribution is 7.92. The van der Waals surface area contributed by atoms with E-state index in [1.165, 1.54) is 47.7 Å². The summed E-state index contributed by atoms with van der Waals surface area (Å²) in [4.78, 5) is 16.7. The zero-order valence-corrected chi connectivity index (χ0v) is 16.0. The predicted molar refractivity (Wildman–Crippen MR) is 104 cm³/mol. The number of amides is 1. The molecule has 2 aromatic carbocycles. The van der Waals surface area contributed by atoms with Crippen molar-refractivity contribution in [3.63, 3.8) is 0 Å². The highest BCUT2D eigenvalue weighted by Crippen LogP contribution is 2.23. The first kappa shape index (κ1) is 18.4. The quantitative estimate of drug-likeness (QED) is 0.664. The standard InChI is InChI=1S/C17H14ClN3O3S2/c1-11-10-25-17(19-11)20-16(22)14-4-2-3-5-15(14)21-26(23,24)13-8-6-12(18)7-9-13/h2-10,21H,1H3,(H,19,20,22). The summed E-state index contributed by atoms with van der Waals surface area (Å²) in [7, 11) is -3.86. The van der Waals surface area contributed by atoms with E-state index in [9.17, 15) is 13.2 Å². The number of hydrogen-bond donors (Lipinski definition) is 2. The molecule has 0 saturated heterocycles. The minimum Gasteiger partial charge on any atom is -0.298 e. The number of aromatic nitrogens is 1. The summed E-state index contributed by atoms with van der Waals surface area (Å²) in [6.45, 7) is 1.82. The fraction of sp³-hybridized carbons (Fsp3) is 0.0588. The molecule has 0 fully saturated rings. The number of anilines is 2. The van der Waals surface area contributed by atoms with Crippen molar-refractivity contribution >= 4 is 49.7 Å². The van der Waals surface area contributed by atoms with E-state index >= 15 is 0 Å². The van der Waals surface area contributed by atoms with Crippen molar-refractivity contribution in [3.05, 3.63) is 70.2 Å². The Kier molecular flexibility index (Phi) is 5.26. The lowest BCUT2D eigenvalue weighted by molar-refractivity contribution is 0.102. The van der Waals surface area contributed by atoms with E-state index in [1.54, 1.807) is 12.1 Å². The number of thiazole rings is 1. The van der Waals surface area contributed by atoms with Gasteiger partial charge in [-0.1, -0.05) is 23.7 Å². The normalized spacial score (nSPS) is 11.2. The lowest BCUT2D eigenvalue weighted by atomic mass is 10.2. The SMILES string of the molecule is Cc1csc(NC(=O)c2ccccc2NS(=O)(=O)c2ccc(Cl)cc2)n1. The Labute approximate surface area is 159 Å². The summed E-state index contributed by atoms with van der Waals surface area (Å²) >= 11 is 7.09. The number of aryl methyl sites for hydroxylation is 1. The highest BCUT2D eigenvalue weighted by Gasteiger charge is 2.19. The van der Waals surface area contributed by atoms with Crippen LogP contribution in [0.3, 0.4) is 0 Å². The van der Waals surface area contributed by atoms with Crippen molar-refractivity contribution < 1.29 is 13.2 Å². The molecule has 0 spiro atoms. The maximum absolute atomic E-state index is 12.6. The smallest absolute Gasteiger partial charge is 0.261 e. The van der Waals surface area contributed by atoms with E-state index in [2.05, 4.69) is 15.0 Å². The van der Waals surface area contributed by atoms with Crippen LogP contribution in [0.4, 0.5) is 10.8 Å². The van der Waals surface area contributed by atoms with Gasteiger partial charge in [-0.15, -0.1) is 11.3 Å². The Morgan fingerprint density at radius 2 is 1.81 bits per heavy atom. The summed E-state index contributed by atoms with van der Waals surface area (Å²) in [6, 6.07) is 12.1. The van der Waals surface area contributed by atoms with Gasteiger partial charge in [0.25, 0.3) is 15.9 Å². The van der Waals surface area contributed by atoms with Gasteiger partial charge in [0.05, 0.1) is 21.8 Å². The number of sulfonamides is 1. The average molecular weight is 408 g/mol. The predicted octanol–water partition coefficient (Wildman–Crippen LogP) is 4.16. The van der Waals surface area contributed by atoms with Gasteiger partial charge in [-0.3, -0.25) is 14.8 Å². The number of nitrogens with one attached hydrogen (secondary N) is 2. The number of carbonyl (C=O) groups excluding carboxylic acids is 1. The molecule has 26 heavy (non-hydrogen) atoms. The number of halogens is 1. The van der Waals surface area contributed by atoms with Crippen LogP contribution in [0.2, 0.25) is 5.02 Å². The van der Waals surface area contributed by atoms with Crippen molar-refractivity contribution in [2.45, 2.75) is 11.8 Å². The maximum Gasteiger partial charge on any atom is 0.261 e. The summed E-state index contributed by atoms with van der Waals surface area (Å²) in [6.07, 6.45) is 0. The van der Waals surface area contributed by atoms with Crippen molar-refractivity contribution in [2.24, 2.45) is 0 Å². The van der Waals surface area contributed by atoms with Crippen LogP contribution in [0.15, 0.2) is 58.8 Å². The number of benzene rings is 2. The van der Waals surface area contributed by atoms with Crippen LogP contribution in [0, 0.1) is 6.92 Å². The molecule has 0 saturated carbocycles. The fourth-order valence-electron chi connectivity index (χ4n) is 2.16. The molecule has 0 aliphatic rings. The molecule has 0 radical (unpaired) electrons. The van der Waals surface area contributed by atoms with Gasteiger partial charge in [-0.2, -0.15) is 0 Å². The number of carbonyl (C=O) groups is 1. The van der Waals surface area contributed by atoms with Gasteiger partial charge in [-0.25, -0.2) is 13.4 Å². The topological polar surface area (TPSA) is 88.2 Å². The molecule has 6 nitrogen and oxygen atoms in total. The number of nitrogens with zero attached hydrogens (tertiary/aromatic N) is 1. The van der Waals surface area contributed by atoms with Crippen LogP contribution < -0.4 is 10.0 Å². The molecular formula is C17H14ClN3O3S2. The molecule has 0 aliphatic carbocycles. The van der Waals surface area contributed by atoms with Crippen molar-refractivity contribution in [1.82, 2.24) is 4.98 Å². The minimum absolute atomic E-state index is 0.0488. The van der Waals surface area contributed by atoms with E-state index in [-0.39, 0.29) is 16.1 Å². The van der Waals surface area contributed by atoms with Gasteiger partial charge in [0.15, 0.2) is 5.13 Å². The second-order valence-electron chi connectivity index (χ2n) is 5.35. The van der Waals surface area contributed by atoms with Gasteiger partial charge in [0, 0.05) is 10.4 Å². The first-order chi connectivity index (χ1) is 12.3. The van der Waals surface area contributed by atoms with Gasteiger partial charge in [-0.05, 0) is 43.3 Å². The molecule has 3 rings (SSSR count). The molecule has 2 N–H and O–H groups in total. The van der Waals surface area contributed by atoms with Gasteiger partial charge in [0.1, 0.15) is 0 Å². The van der Waals surface area contributed by atoms with E-state index < -0.39 is 15.9 Å². The van der Waals surface area contributed by atoms with Gasteiger partial charge in [0.2, 0.25) is 0 Å². The highest BCUT2D eigenvalue weighted by atomic mass is 35.5. The monoisotopic (exact) mass is 407 g/mol. The van der Waals surface area contributed by atoms with Crippen LogP contribution >= 0.6 is 22.9 Å². The van der Waals surface area contributed by atoms with Crippen molar-refractivity contribution in [2.75, 3.05) is 10.0 Å². The molecule has 0 unspecified atom stereocenters. The first-order valence-corrected chi connectivity index (χ1v) is 10.2. The van der Waals surface area contributed by atoms with Crippen LogP contribution in [0.1, 0.15) is 16.1 Å².